The number of benzene rings is 2. The summed E-state index contributed by atoms with van der Waals surface area (Å²) in [4.78, 5) is 24.0. The summed E-state index contributed by atoms with van der Waals surface area (Å²) in [6, 6.07) is 13.8. The average Bonchev–Trinajstić information content (AvgIpc) is 2.62. The summed E-state index contributed by atoms with van der Waals surface area (Å²) >= 11 is 5.80. The molecule has 0 radical (unpaired) electrons. The lowest BCUT2D eigenvalue weighted by Gasteiger charge is -2.09. The Hall–Kier alpha value is -2.53. The van der Waals surface area contributed by atoms with Gasteiger partial charge >= 0.3 is 0 Å². The molecule has 5 nitrogen and oxygen atoms in total. The number of hydrazine groups is 1. The Balaban J connectivity index is 1.83. The van der Waals surface area contributed by atoms with E-state index in [4.69, 9.17) is 16.3 Å². The van der Waals surface area contributed by atoms with E-state index in [9.17, 15) is 9.59 Å². The fraction of sp³-hybridized carbons (Fsp3) is 0.263. The predicted octanol–water partition coefficient (Wildman–Crippen LogP) is 3.52. The first-order valence-electron chi connectivity index (χ1n) is 8.15. The summed E-state index contributed by atoms with van der Waals surface area (Å²) in [6.45, 7) is 2.69. The largest absolute Gasteiger partial charge is 0.494 e. The molecule has 0 fully saturated rings. The highest BCUT2D eigenvalue weighted by Crippen LogP contribution is 2.14. The van der Waals surface area contributed by atoms with Gasteiger partial charge < -0.3 is 4.74 Å². The minimum absolute atomic E-state index is 0.150. The van der Waals surface area contributed by atoms with E-state index in [0.29, 0.717) is 22.9 Å². The zero-order valence-electron chi connectivity index (χ0n) is 14.0. The van der Waals surface area contributed by atoms with Gasteiger partial charge in [-0.2, -0.15) is 0 Å². The van der Waals surface area contributed by atoms with E-state index < -0.39 is 5.91 Å². The maximum atomic E-state index is 12.1. The van der Waals surface area contributed by atoms with Gasteiger partial charge in [-0.3, -0.25) is 20.4 Å². The van der Waals surface area contributed by atoms with Crippen LogP contribution in [0.4, 0.5) is 0 Å². The second-order valence-corrected chi connectivity index (χ2v) is 5.97. The Morgan fingerprint density at radius 3 is 2.56 bits per heavy atom. The van der Waals surface area contributed by atoms with Crippen molar-refractivity contribution in [2.75, 3.05) is 6.61 Å². The van der Waals surface area contributed by atoms with Crippen LogP contribution < -0.4 is 15.6 Å². The van der Waals surface area contributed by atoms with E-state index in [1.165, 1.54) is 0 Å². The first-order chi connectivity index (χ1) is 12.1. The van der Waals surface area contributed by atoms with E-state index in [0.717, 1.165) is 18.4 Å². The second kappa shape index (κ2) is 9.69. The normalized spacial score (nSPS) is 10.2. The topological polar surface area (TPSA) is 67.4 Å². The van der Waals surface area contributed by atoms with Crippen molar-refractivity contribution in [2.24, 2.45) is 0 Å². The molecule has 2 aromatic carbocycles. The molecular formula is C19H21ClN2O3. The molecule has 25 heavy (non-hydrogen) atoms. The highest BCUT2D eigenvalue weighted by atomic mass is 35.5. The minimum Gasteiger partial charge on any atom is -0.494 e. The van der Waals surface area contributed by atoms with Crippen LogP contribution in [0.15, 0.2) is 48.5 Å². The Morgan fingerprint density at radius 1 is 1.08 bits per heavy atom. The average molecular weight is 361 g/mol. The lowest BCUT2D eigenvalue weighted by Crippen LogP contribution is -2.42. The number of nitrogens with one attached hydrogen (secondary N) is 2. The maximum Gasteiger partial charge on any atom is 0.269 e. The maximum absolute atomic E-state index is 12.1. The molecular weight excluding hydrogens is 340 g/mol. The Labute approximate surface area is 152 Å². The molecule has 2 amide bonds. The number of carbonyl (C=O) groups excluding carboxylic acids is 2. The van der Waals surface area contributed by atoms with E-state index in [1.807, 2.05) is 0 Å². The molecule has 0 aromatic heterocycles. The van der Waals surface area contributed by atoms with Gasteiger partial charge in [0.2, 0.25) is 5.91 Å². The van der Waals surface area contributed by atoms with Gasteiger partial charge in [0.1, 0.15) is 5.75 Å². The summed E-state index contributed by atoms with van der Waals surface area (Å²) in [5, 5.41) is 0.610. The smallest absolute Gasteiger partial charge is 0.269 e. The lowest BCUT2D eigenvalue weighted by atomic mass is 10.1. The molecule has 2 aromatic rings. The first kappa shape index (κ1) is 18.8. The Bertz CT molecular complexity index is 717. The minimum atomic E-state index is -0.398. The van der Waals surface area contributed by atoms with E-state index in [1.54, 1.807) is 48.5 Å². The molecule has 0 aliphatic heterocycles. The third-order valence-corrected chi connectivity index (χ3v) is 3.71. The molecule has 0 spiro atoms. The quantitative estimate of drug-likeness (QED) is 0.586. The van der Waals surface area contributed by atoms with Gasteiger partial charge in [-0.1, -0.05) is 43.1 Å². The Morgan fingerprint density at radius 2 is 1.84 bits per heavy atom. The lowest BCUT2D eigenvalue weighted by molar-refractivity contribution is -0.121. The molecule has 0 saturated carbocycles. The van der Waals surface area contributed by atoms with E-state index in [-0.39, 0.29) is 12.3 Å². The van der Waals surface area contributed by atoms with Crippen molar-refractivity contribution >= 4 is 23.4 Å². The van der Waals surface area contributed by atoms with Crippen LogP contribution in [0.1, 0.15) is 35.7 Å². The van der Waals surface area contributed by atoms with Crippen LogP contribution in [0.2, 0.25) is 5.02 Å². The molecule has 0 unspecified atom stereocenters. The molecule has 0 bridgehead atoms. The summed E-state index contributed by atoms with van der Waals surface area (Å²) in [5.74, 6) is -0.0787. The number of halogens is 1. The SMILES string of the molecule is CCCCOc1cccc(C(=O)NNC(=O)Cc2ccc(Cl)cc2)c1. The van der Waals surface area contributed by atoms with Crippen LogP contribution in [-0.4, -0.2) is 18.4 Å². The van der Waals surface area contributed by atoms with Crippen LogP contribution in [0, 0.1) is 0 Å². The van der Waals surface area contributed by atoms with Gasteiger partial charge in [0.05, 0.1) is 13.0 Å². The Kier molecular flexibility index (Phi) is 7.29. The zero-order chi connectivity index (χ0) is 18.1. The zero-order valence-corrected chi connectivity index (χ0v) is 14.8. The second-order valence-electron chi connectivity index (χ2n) is 5.54. The molecule has 0 aliphatic rings. The molecule has 0 saturated heterocycles. The van der Waals surface area contributed by atoms with Gasteiger partial charge in [0, 0.05) is 10.6 Å². The molecule has 132 valence electrons. The summed E-state index contributed by atoms with van der Waals surface area (Å²) < 4.78 is 5.57. The summed E-state index contributed by atoms with van der Waals surface area (Å²) in [5.41, 5.74) is 6.03. The standard InChI is InChI=1S/C19H21ClN2O3/c1-2-3-11-25-17-6-4-5-15(13-17)19(24)22-21-18(23)12-14-7-9-16(20)10-8-14/h4-10,13H,2-3,11-12H2,1H3,(H,21,23)(H,22,24). The van der Waals surface area contributed by atoms with Gasteiger partial charge in [0.25, 0.3) is 5.91 Å². The molecule has 0 atom stereocenters. The molecule has 0 aliphatic carbocycles. The number of hydrogen-bond acceptors (Lipinski definition) is 3. The number of ether oxygens (including phenoxy) is 1. The van der Waals surface area contributed by atoms with Gasteiger partial charge in [0.15, 0.2) is 0 Å². The van der Waals surface area contributed by atoms with Crippen molar-refractivity contribution in [2.45, 2.75) is 26.2 Å². The highest BCUT2D eigenvalue weighted by molar-refractivity contribution is 6.30. The van der Waals surface area contributed by atoms with Crippen LogP contribution in [0.3, 0.4) is 0 Å². The van der Waals surface area contributed by atoms with E-state index in [2.05, 4.69) is 17.8 Å². The summed E-state index contributed by atoms with van der Waals surface area (Å²) in [7, 11) is 0. The van der Waals surface area contributed by atoms with Crippen molar-refractivity contribution in [3.05, 3.63) is 64.7 Å². The number of unbranched alkanes of at least 4 members (excludes halogenated alkanes) is 1. The van der Waals surface area contributed by atoms with Crippen LogP contribution in [0.25, 0.3) is 0 Å². The fourth-order valence-electron chi connectivity index (χ4n) is 2.09. The van der Waals surface area contributed by atoms with Crippen LogP contribution >= 0.6 is 11.6 Å². The van der Waals surface area contributed by atoms with Gasteiger partial charge in [-0.05, 0) is 42.3 Å². The van der Waals surface area contributed by atoms with Crippen molar-refractivity contribution < 1.29 is 14.3 Å². The number of rotatable bonds is 7. The number of hydrogen-bond donors (Lipinski definition) is 2. The van der Waals surface area contributed by atoms with Crippen molar-refractivity contribution in [3.8, 4) is 5.75 Å². The molecule has 0 heterocycles. The predicted molar refractivity (Wildman–Crippen MR) is 97.6 cm³/mol. The fourth-order valence-corrected chi connectivity index (χ4v) is 2.22. The highest BCUT2D eigenvalue weighted by Gasteiger charge is 2.09. The number of amides is 2. The molecule has 6 heteroatoms. The molecule has 2 N–H and O–H groups in total. The van der Waals surface area contributed by atoms with Crippen LogP contribution in [0.5, 0.6) is 5.75 Å². The van der Waals surface area contributed by atoms with Gasteiger partial charge in [-0.15, -0.1) is 0 Å². The monoisotopic (exact) mass is 360 g/mol. The van der Waals surface area contributed by atoms with E-state index >= 15 is 0 Å². The van der Waals surface area contributed by atoms with Crippen molar-refractivity contribution in [1.82, 2.24) is 10.9 Å². The van der Waals surface area contributed by atoms with Gasteiger partial charge in [-0.25, -0.2) is 0 Å². The third-order valence-electron chi connectivity index (χ3n) is 3.46. The molecule has 2 rings (SSSR count). The summed E-state index contributed by atoms with van der Waals surface area (Å²) in [6.07, 6.45) is 2.15. The van der Waals surface area contributed by atoms with Crippen LogP contribution in [-0.2, 0) is 11.2 Å². The first-order valence-corrected chi connectivity index (χ1v) is 8.52. The van der Waals surface area contributed by atoms with Crippen molar-refractivity contribution in [3.63, 3.8) is 0 Å². The third kappa shape index (κ3) is 6.47. The number of carbonyl (C=O) groups is 2. The van der Waals surface area contributed by atoms with Crippen molar-refractivity contribution in [1.29, 1.82) is 0 Å².